The van der Waals surface area contributed by atoms with E-state index in [4.69, 9.17) is 5.73 Å². The normalized spacial score (nSPS) is 15.9. The molecule has 0 aliphatic rings. The summed E-state index contributed by atoms with van der Waals surface area (Å²) in [5, 5.41) is 0. The topological polar surface area (TPSA) is 26.0 Å². The standard InChI is InChI=1S/C14H22FN/c1-10-6-11(2)8-12(7-10)14(15,9-16)13(3,4)5/h6-8H,9,16H2,1-5H3. The second-order valence-electron chi connectivity index (χ2n) is 5.63. The van der Waals surface area contributed by atoms with E-state index in [1.807, 2.05) is 52.8 Å². The minimum absolute atomic E-state index is 0.0133. The fourth-order valence-corrected chi connectivity index (χ4v) is 2.06. The van der Waals surface area contributed by atoms with E-state index in [9.17, 15) is 4.39 Å². The van der Waals surface area contributed by atoms with Crippen LogP contribution in [0.4, 0.5) is 4.39 Å². The van der Waals surface area contributed by atoms with E-state index in [0.717, 1.165) is 11.1 Å². The molecular formula is C14H22FN. The SMILES string of the molecule is Cc1cc(C)cc(C(F)(CN)C(C)(C)C)c1. The van der Waals surface area contributed by atoms with Crippen LogP contribution in [-0.2, 0) is 5.67 Å². The average Bonchev–Trinajstić information content (AvgIpc) is 2.13. The lowest BCUT2D eigenvalue weighted by Gasteiger charge is -2.37. The molecule has 90 valence electrons. The molecule has 0 radical (unpaired) electrons. The third-order valence-corrected chi connectivity index (χ3v) is 3.15. The number of rotatable bonds is 2. The number of nitrogens with two attached hydrogens (primary N) is 1. The first-order valence-electron chi connectivity index (χ1n) is 5.68. The van der Waals surface area contributed by atoms with Crippen LogP contribution in [0.1, 0.15) is 37.5 Å². The summed E-state index contributed by atoms with van der Waals surface area (Å²) in [5.41, 5.74) is 6.54. The molecule has 2 heteroatoms. The molecule has 0 heterocycles. The molecule has 16 heavy (non-hydrogen) atoms. The van der Waals surface area contributed by atoms with Crippen LogP contribution in [0.3, 0.4) is 0 Å². The highest BCUT2D eigenvalue weighted by Gasteiger charge is 2.42. The molecule has 2 N–H and O–H groups in total. The Hall–Kier alpha value is -0.890. The van der Waals surface area contributed by atoms with Gasteiger partial charge in [0.05, 0.1) is 0 Å². The zero-order valence-electron chi connectivity index (χ0n) is 10.9. The van der Waals surface area contributed by atoms with Crippen LogP contribution in [0.25, 0.3) is 0 Å². The Morgan fingerprint density at radius 1 is 1.06 bits per heavy atom. The van der Waals surface area contributed by atoms with Crippen LogP contribution >= 0.6 is 0 Å². The zero-order chi connectivity index (χ0) is 12.6. The van der Waals surface area contributed by atoms with Crippen molar-refractivity contribution in [2.75, 3.05) is 6.54 Å². The molecule has 1 unspecified atom stereocenters. The van der Waals surface area contributed by atoms with Crippen LogP contribution in [0.2, 0.25) is 0 Å². The van der Waals surface area contributed by atoms with Gasteiger partial charge in [0, 0.05) is 12.0 Å². The summed E-state index contributed by atoms with van der Waals surface area (Å²) in [6.07, 6.45) is 0. The van der Waals surface area contributed by atoms with Crippen molar-refractivity contribution in [1.29, 1.82) is 0 Å². The van der Waals surface area contributed by atoms with Crippen molar-refractivity contribution in [2.24, 2.45) is 11.1 Å². The first-order chi connectivity index (χ1) is 7.20. The molecule has 0 fully saturated rings. The Kier molecular flexibility index (Phi) is 3.44. The lowest BCUT2D eigenvalue weighted by atomic mass is 9.73. The average molecular weight is 223 g/mol. The smallest absolute Gasteiger partial charge is 0.152 e. The molecule has 1 aromatic rings. The van der Waals surface area contributed by atoms with Gasteiger partial charge < -0.3 is 5.73 Å². The van der Waals surface area contributed by atoms with Crippen LogP contribution in [0, 0.1) is 19.3 Å². The summed E-state index contributed by atoms with van der Waals surface area (Å²) in [7, 11) is 0. The Balaban J connectivity index is 3.34. The maximum atomic E-state index is 15.0. The summed E-state index contributed by atoms with van der Waals surface area (Å²) in [6, 6.07) is 5.83. The quantitative estimate of drug-likeness (QED) is 0.816. The lowest BCUT2D eigenvalue weighted by molar-refractivity contribution is 0.0342. The Morgan fingerprint density at radius 3 is 1.81 bits per heavy atom. The summed E-state index contributed by atoms with van der Waals surface area (Å²) < 4.78 is 15.0. The van der Waals surface area contributed by atoms with Gasteiger partial charge in [-0.2, -0.15) is 0 Å². The highest BCUT2D eigenvalue weighted by molar-refractivity contribution is 5.34. The summed E-state index contributed by atoms with van der Waals surface area (Å²) in [4.78, 5) is 0. The van der Waals surface area contributed by atoms with E-state index in [1.165, 1.54) is 0 Å². The monoisotopic (exact) mass is 223 g/mol. The van der Waals surface area contributed by atoms with E-state index in [2.05, 4.69) is 0 Å². The van der Waals surface area contributed by atoms with Gasteiger partial charge in [0.2, 0.25) is 0 Å². The number of aryl methyl sites for hydroxylation is 2. The van der Waals surface area contributed by atoms with Crippen LogP contribution in [0.5, 0.6) is 0 Å². The van der Waals surface area contributed by atoms with Crippen molar-refractivity contribution in [2.45, 2.75) is 40.3 Å². The number of hydrogen-bond donors (Lipinski definition) is 1. The molecule has 0 saturated carbocycles. The molecule has 0 aliphatic carbocycles. The van der Waals surface area contributed by atoms with E-state index < -0.39 is 11.1 Å². The first-order valence-corrected chi connectivity index (χ1v) is 5.68. The minimum atomic E-state index is -1.47. The van der Waals surface area contributed by atoms with Gasteiger partial charge >= 0.3 is 0 Å². The Bertz CT molecular complexity index is 359. The number of hydrogen-bond acceptors (Lipinski definition) is 1. The predicted octanol–water partition coefficient (Wildman–Crippen LogP) is 3.47. The van der Waals surface area contributed by atoms with Gasteiger partial charge in [0.1, 0.15) is 0 Å². The van der Waals surface area contributed by atoms with E-state index in [0.29, 0.717) is 5.56 Å². The van der Waals surface area contributed by atoms with Crippen molar-refractivity contribution in [3.63, 3.8) is 0 Å². The largest absolute Gasteiger partial charge is 0.327 e. The maximum absolute atomic E-state index is 15.0. The molecule has 1 rings (SSSR count). The Labute approximate surface area is 97.9 Å². The molecule has 1 aromatic carbocycles. The Morgan fingerprint density at radius 2 is 1.50 bits per heavy atom. The van der Waals surface area contributed by atoms with Crippen molar-refractivity contribution in [1.82, 2.24) is 0 Å². The second kappa shape index (κ2) is 4.17. The molecule has 0 aromatic heterocycles. The number of halogens is 1. The van der Waals surface area contributed by atoms with Crippen molar-refractivity contribution in [3.05, 3.63) is 34.9 Å². The van der Waals surface area contributed by atoms with Gasteiger partial charge in [-0.1, -0.05) is 50.1 Å². The van der Waals surface area contributed by atoms with Crippen molar-refractivity contribution >= 4 is 0 Å². The third kappa shape index (κ3) is 2.27. The predicted molar refractivity (Wildman–Crippen MR) is 67.2 cm³/mol. The van der Waals surface area contributed by atoms with E-state index in [-0.39, 0.29) is 6.54 Å². The fourth-order valence-electron chi connectivity index (χ4n) is 2.06. The van der Waals surface area contributed by atoms with Crippen LogP contribution < -0.4 is 5.73 Å². The van der Waals surface area contributed by atoms with Crippen molar-refractivity contribution in [3.8, 4) is 0 Å². The fraction of sp³-hybridized carbons (Fsp3) is 0.571. The van der Waals surface area contributed by atoms with Gasteiger partial charge in [0.15, 0.2) is 5.67 Å². The second-order valence-corrected chi connectivity index (χ2v) is 5.63. The molecule has 0 amide bonds. The van der Waals surface area contributed by atoms with Crippen molar-refractivity contribution < 1.29 is 4.39 Å². The maximum Gasteiger partial charge on any atom is 0.152 e. The van der Waals surface area contributed by atoms with Gasteiger partial charge in [-0.15, -0.1) is 0 Å². The third-order valence-electron chi connectivity index (χ3n) is 3.15. The molecular weight excluding hydrogens is 201 g/mol. The summed E-state index contributed by atoms with van der Waals surface area (Å²) in [5.74, 6) is 0. The molecule has 0 bridgehead atoms. The van der Waals surface area contributed by atoms with Crippen LogP contribution in [0.15, 0.2) is 18.2 Å². The molecule has 0 saturated heterocycles. The molecule has 1 nitrogen and oxygen atoms in total. The molecule has 0 spiro atoms. The minimum Gasteiger partial charge on any atom is -0.327 e. The van der Waals surface area contributed by atoms with Gasteiger partial charge in [-0.25, -0.2) is 4.39 Å². The lowest BCUT2D eigenvalue weighted by Crippen LogP contribution is -2.42. The number of benzene rings is 1. The number of alkyl halides is 1. The summed E-state index contributed by atoms with van der Waals surface area (Å²) >= 11 is 0. The van der Waals surface area contributed by atoms with Gasteiger partial charge in [-0.3, -0.25) is 0 Å². The van der Waals surface area contributed by atoms with Gasteiger partial charge in [-0.05, 0) is 19.4 Å². The van der Waals surface area contributed by atoms with Crippen LogP contribution in [-0.4, -0.2) is 6.54 Å². The molecule has 1 atom stereocenters. The van der Waals surface area contributed by atoms with E-state index in [1.54, 1.807) is 0 Å². The first kappa shape index (κ1) is 13.2. The highest BCUT2D eigenvalue weighted by atomic mass is 19.1. The molecule has 0 aliphatic heterocycles. The zero-order valence-corrected chi connectivity index (χ0v) is 10.9. The highest BCUT2D eigenvalue weighted by Crippen LogP contribution is 2.42. The summed E-state index contributed by atoms with van der Waals surface area (Å²) in [6.45, 7) is 9.64. The van der Waals surface area contributed by atoms with E-state index >= 15 is 0 Å². The van der Waals surface area contributed by atoms with Gasteiger partial charge in [0.25, 0.3) is 0 Å².